The molecule has 2 aromatic rings. The quantitative estimate of drug-likeness (QED) is 0.0902. The van der Waals surface area contributed by atoms with Gasteiger partial charge in [-0.3, -0.25) is 19.2 Å². The molecule has 11 heteroatoms. The molecule has 3 heterocycles. The molecule has 274 valence electrons. The van der Waals surface area contributed by atoms with Crippen LogP contribution >= 0.6 is 15.9 Å². The summed E-state index contributed by atoms with van der Waals surface area (Å²) < 4.78 is 12.3. The van der Waals surface area contributed by atoms with Crippen molar-refractivity contribution >= 4 is 39.6 Å². The van der Waals surface area contributed by atoms with Crippen molar-refractivity contribution < 1.29 is 33.8 Å². The summed E-state index contributed by atoms with van der Waals surface area (Å²) in [6.45, 7) is 9.93. The maximum atomic E-state index is 14.9. The van der Waals surface area contributed by atoms with E-state index in [4.69, 9.17) is 9.47 Å². The lowest BCUT2D eigenvalue weighted by molar-refractivity contribution is -0.151. The number of aliphatic hydroxyl groups excluding tert-OH is 1. The molecule has 0 aromatic heterocycles. The van der Waals surface area contributed by atoms with Crippen LogP contribution in [0.3, 0.4) is 0 Å². The number of rotatable bonds is 19. The zero-order chi connectivity index (χ0) is 36.5. The predicted molar refractivity (Wildman–Crippen MR) is 198 cm³/mol. The molecule has 3 saturated heterocycles. The van der Waals surface area contributed by atoms with Gasteiger partial charge in [0.25, 0.3) is 0 Å². The van der Waals surface area contributed by atoms with E-state index in [9.17, 15) is 24.3 Å². The molecular weight excluding hydrogens is 714 g/mol. The van der Waals surface area contributed by atoms with Crippen LogP contribution in [0.1, 0.15) is 62.6 Å². The fourth-order valence-electron chi connectivity index (χ4n) is 7.99. The highest BCUT2D eigenvalue weighted by Crippen LogP contribution is 2.60. The highest BCUT2D eigenvalue weighted by atomic mass is 79.9. The Balaban J connectivity index is 1.50. The van der Waals surface area contributed by atoms with E-state index < -0.39 is 53.5 Å². The Kier molecular flexibility index (Phi) is 13.3. The zero-order valence-electron chi connectivity index (χ0n) is 29.3. The Labute approximate surface area is 309 Å². The maximum Gasteiger partial charge on any atom is 0.306 e. The normalized spacial score (nSPS) is 25.9. The summed E-state index contributed by atoms with van der Waals surface area (Å²) in [6.07, 6.45) is 6.64. The lowest BCUT2D eigenvalue weighted by atomic mass is 9.70. The molecule has 2 aromatic carbocycles. The molecule has 1 spiro atoms. The van der Waals surface area contributed by atoms with Crippen molar-refractivity contribution in [1.29, 1.82) is 0 Å². The van der Waals surface area contributed by atoms with E-state index in [0.29, 0.717) is 32.4 Å². The minimum Gasteiger partial charge on any atom is -0.463 e. The van der Waals surface area contributed by atoms with Crippen molar-refractivity contribution in [2.24, 2.45) is 11.8 Å². The van der Waals surface area contributed by atoms with Crippen molar-refractivity contribution in [2.75, 3.05) is 26.3 Å². The van der Waals surface area contributed by atoms with E-state index in [1.54, 1.807) is 17.1 Å². The fraction of sp³-hybridized carbons (Fsp3) is 0.500. The van der Waals surface area contributed by atoms with Crippen LogP contribution in [0.15, 0.2) is 86.0 Å². The van der Waals surface area contributed by atoms with E-state index >= 15 is 0 Å². The summed E-state index contributed by atoms with van der Waals surface area (Å²) >= 11 is 3.76. The van der Waals surface area contributed by atoms with Gasteiger partial charge >= 0.3 is 5.97 Å². The molecular formula is C40H50BrN3O7. The Morgan fingerprint density at radius 3 is 2.47 bits per heavy atom. The van der Waals surface area contributed by atoms with Crippen LogP contribution in [-0.2, 0) is 35.1 Å². The second kappa shape index (κ2) is 17.6. The molecule has 3 amide bonds. The van der Waals surface area contributed by atoms with E-state index in [1.165, 1.54) is 4.90 Å². The number of ether oxygens (including phenoxy) is 2. The standard InChI is InChI=1S/C40H50BrN3O7/c1-4-7-15-22-43(21-6-3)39(49)36-40-24-30(41)35(51-40)33(34(40)38(48)44(36)29(25-45)23-27-16-11-9-12-17-27)37(47)42-31(28-18-13-10-14-19-28)26-50-32(46)20-8-5-2/h5-6,9-14,16-19,29-31,33-36,45H,2-4,7-8,15,20-26H2,1H3,(H,42,47)/t29-,30?,31+,33-,34+,35-,36-,40+/m1/s1. The number of alkyl halides is 1. The largest absolute Gasteiger partial charge is 0.463 e. The first-order chi connectivity index (χ1) is 24.7. The Morgan fingerprint density at radius 1 is 1.12 bits per heavy atom. The van der Waals surface area contributed by atoms with Gasteiger partial charge in [-0.25, -0.2) is 0 Å². The molecule has 0 aliphatic carbocycles. The monoisotopic (exact) mass is 763 g/mol. The number of benzene rings is 2. The number of amides is 3. The van der Waals surface area contributed by atoms with Gasteiger partial charge < -0.3 is 29.7 Å². The average Bonchev–Trinajstić information content (AvgIpc) is 3.74. The second-order valence-corrected chi connectivity index (χ2v) is 14.9. The van der Waals surface area contributed by atoms with Crippen molar-refractivity contribution in [2.45, 2.75) is 86.5 Å². The minimum absolute atomic E-state index is 0.101. The Morgan fingerprint density at radius 2 is 1.82 bits per heavy atom. The highest BCUT2D eigenvalue weighted by Gasteiger charge is 2.77. The predicted octanol–water partition coefficient (Wildman–Crippen LogP) is 4.91. The van der Waals surface area contributed by atoms with E-state index in [-0.39, 0.29) is 36.3 Å². The molecule has 3 aliphatic heterocycles. The number of hydrogen-bond donors (Lipinski definition) is 2. The van der Waals surface area contributed by atoms with Crippen molar-refractivity contribution in [3.63, 3.8) is 0 Å². The number of nitrogens with one attached hydrogen (secondary N) is 1. The van der Waals surface area contributed by atoms with Crippen LogP contribution in [0.2, 0.25) is 0 Å². The first kappa shape index (κ1) is 38.4. The SMILES string of the molecule is C=CCCC(=O)OC[C@H](NC(=O)[C@H]1[C@@H]2O[C@@]3(CC2Br)[C@@H]1C(=O)N([C@@H](CO)Cc1ccccc1)[C@@H]3C(=O)N(CC=C)CCCCC)c1ccccc1. The zero-order valence-corrected chi connectivity index (χ0v) is 30.9. The van der Waals surface area contributed by atoms with Gasteiger partial charge in [-0.1, -0.05) is 109 Å². The number of carbonyl (C=O) groups excluding carboxylic acids is 4. The molecule has 8 atom stereocenters. The highest BCUT2D eigenvalue weighted by molar-refractivity contribution is 9.09. The van der Waals surface area contributed by atoms with Crippen LogP contribution in [0.25, 0.3) is 0 Å². The van der Waals surface area contributed by atoms with Crippen molar-refractivity contribution in [3.05, 3.63) is 97.1 Å². The lowest BCUT2D eigenvalue weighted by Gasteiger charge is -2.39. The van der Waals surface area contributed by atoms with Crippen LogP contribution in [-0.4, -0.2) is 93.5 Å². The molecule has 2 N–H and O–H groups in total. The number of hydrogen-bond acceptors (Lipinski definition) is 7. The van der Waals surface area contributed by atoms with Gasteiger partial charge in [0.15, 0.2) is 0 Å². The van der Waals surface area contributed by atoms with Gasteiger partial charge in [0.1, 0.15) is 18.2 Å². The number of nitrogens with zero attached hydrogens (tertiary/aromatic N) is 2. The molecule has 3 aliphatic rings. The number of likely N-dealkylation sites (tertiary alicyclic amines) is 1. The summed E-state index contributed by atoms with van der Waals surface area (Å²) in [4.78, 5) is 59.6. The van der Waals surface area contributed by atoms with Gasteiger partial charge in [-0.2, -0.15) is 0 Å². The van der Waals surface area contributed by atoms with E-state index in [2.05, 4.69) is 41.3 Å². The molecule has 3 fully saturated rings. The fourth-order valence-corrected chi connectivity index (χ4v) is 8.94. The average molecular weight is 765 g/mol. The molecule has 1 unspecified atom stereocenters. The number of unbranched alkanes of at least 4 members (excludes halogenated alkanes) is 2. The van der Waals surface area contributed by atoms with Gasteiger partial charge in [-0.05, 0) is 36.8 Å². The molecule has 2 bridgehead atoms. The number of aliphatic hydroxyl groups is 1. The Bertz CT molecular complexity index is 1540. The third-order valence-corrected chi connectivity index (χ3v) is 11.2. The smallest absolute Gasteiger partial charge is 0.306 e. The lowest BCUT2D eigenvalue weighted by Crippen LogP contribution is -2.59. The molecule has 51 heavy (non-hydrogen) atoms. The molecule has 0 saturated carbocycles. The van der Waals surface area contributed by atoms with Crippen LogP contribution in [0.5, 0.6) is 0 Å². The number of fused-ring (bicyclic) bond motifs is 1. The molecule has 5 rings (SSSR count). The van der Waals surface area contributed by atoms with Crippen molar-refractivity contribution in [3.8, 4) is 0 Å². The number of halogens is 1. The third-order valence-electron chi connectivity index (χ3n) is 10.4. The molecule has 0 radical (unpaired) electrons. The van der Waals surface area contributed by atoms with Crippen LogP contribution in [0, 0.1) is 11.8 Å². The minimum atomic E-state index is -1.30. The van der Waals surface area contributed by atoms with Gasteiger partial charge in [0.05, 0.1) is 36.6 Å². The summed E-state index contributed by atoms with van der Waals surface area (Å²) in [5.74, 6) is -3.41. The van der Waals surface area contributed by atoms with Gasteiger partial charge in [0, 0.05) is 24.3 Å². The van der Waals surface area contributed by atoms with Crippen LogP contribution < -0.4 is 5.32 Å². The molecule has 10 nitrogen and oxygen atoms in total. The first-order valence-electron chi connectivity index (χ1n) is 18.0. The van der Waals surface area contributed by atoms with Crippen molar-refractivity contribution in [1.82, 2.24) is 15.1 Å². The summed E-state index contributed by atoms with van der Waals surface area (Å²) in [7, 11) is 0. The topological polar surface area (TPSA) is 125 Å². The first-order valence-corrected chi connectivity index (χ1v) is 18.9. The van der Waals surface area contributed by atoms with E-state index in [0.717, 1.165) is 30.4 Å². The van der Waals surface area contributed by atoms with E-state index in [1.807, 2.05) is 60.7 Å². The summed E-state index contributed by atoms with van der Waals surface area (Å²) in [5.41, 5.74) is 0.337. The third kappa shape index (κ3) is 8.16. The Hall–Kier alpha value is -3.80. The van der Waals surface area contributed by atoms with Gasteiger partial charge in [0.2, 0.25) is 17.7 Å². The number of esters is 1. The second-order valence-electron chi connectivity index (χ2n) is 13.7. The van der Waals surface area contributed by atoms with Gasteiger partial charge in [-0.15, -0.1) is 13.2 Å². The summed E-state index contributed by atoms with van der Waals surface area (Å²) in [5, 5.41) is 13.9. The van der Waals surface area contributed by atoms with Crippen LogP contribution in [0.4, 0.5) is 0 Å². The summed E-state index contributed by atoms with van der Waals surface area (Å²) in [6, 6.07) is 16.3. The number of carbonyl (C=O) groups is 4. The maximum absolute atomic E-state index is 14.9. The number of allylic oxidation sites excluding steroid dienone is 1.